The topological polar surface area (TPSA) is 67.0 Å². The van der Waals surface area contributed by atoms with Crippen molar-refractivity contribution in [2.45, 2.75) is 20.3 Å². The lowest BCUT2D eigenvalue weighted by Crippen LogP contribution is -2.12. The first kappa shape index (κ1) is 14.1. The number of aromatic nitrogens is 2. The van der Waals surface area contributed by atoms with Crippen LogP contribution in [0.3, 0.4) is 0 Å². The second-order valence-corrected chi connectivity index (χ2v) is 4.35. The molecule has 0 aliphatic heterocycles. The smallest absolute Gasteiger partial charge is 0.253 e. The van der Waals surface area contributed by atoms with Crippen LogP contribution in [-0.2, 0) is 0 Å². The van der Waals surface area contributed by atoms with E-state index >= 15 is 0 Å². The molecule has 2 N–H and O–H groups in total. The molecule has 0 unspecified atom stereocenters. The summed E-state index contributed by atoms with van der Waals surface area (Å²) in [6.45, 7) is 5.35. The van der Waals surface area contributed by atoms with Gasteiger partial charge in [-0.05, 0) is 25.5 Å². The van der Waals surface area contributed by atoms with Gasteiger partial charge in [-0.3, -0.25) is 4.79 Å². The molecule has 0 saturated heterocycles. The summed E-state index contributed by atoms with van der Waals surface area (Å²) in [5.41, 5.74) is 0.606. The molecule has 0 atom stereocenters. The first-order valence-electron chi connectivity index (χ1n) is 6.82. The van der Waals surface area contributed by atoms with Crippen LogP contribution in [0.15, 0.2) is 35.1 Å². The molecule has 20 heavy (non-hydrogen) atoms. The van der Waals surface area contributed by atoms with Crippen molar-refractivity contribution in [3.05, 3.63) is 40.7 Å². The number of H-pyrrole nitrogens is 1. The summed E-state index contributed by atoms with van der Waals surface area (Å²) < 4.78 is 5.70. The number of hydrogen-bond donors (Lipinski definition) is 2. The van der Waals surface area contributed by atoms with Crippen LogP contribution in [0.1, 0.15) is 20.3 Å². The van der Waals surface area contributed by atoms with Crippen molar-refractivity contribution < 1.29 is 4.74 Å². The summed E-state index contributed by atoms with van der Waals surface area (Å²) in [5.74, 6) is 1.81. The zero-order valence-electron chi connectivity index (χ0n) is 11.8. The second-order valence-electron chi connectivity index (χ2n) is 4.35. The number of aromatic amines is 1. The number of ether oxygens (including phenoxy) is 1. The van der Waals surface area contributed by atoms with E-state index in [1.165, 1.54) is 6.07 Å². The van der Waals surface area contributed by atoms with Gasteiger partial charge < -0.3 is 15.0 Å². The van der Waals surface area contributed by atoms with Crippen molar-refractivity contribution in [3.8, 4) is 17.1 Å². The van der Waals surface area contributed by atoms with Crippen LogP contribution in [0, 0.1) is 0 Å². The SMILES string of the molecule is CCCOc1ccccc1-c1nc(NCC)cc(=O)[nH]1. The Kier molecular flexibility index (Phi) is 4.76. The van der Waals surface area contributed by atoms with Crippen molar-refractivity contribution in [3.63, 3.8) is 0 Å². The Labute approximate surface area is 118 Å². The standard InChI is InChI=1S/C15H19N3O2/c1-3-9-20-12-8-6-5-7-11(12)15-17-13(16-4-2)10-14(19)18-15/h5-8,10H,3-4,9H2,1-2H3,(H2,16,17,18,19). The highest BCUT2D eigenvalue weighted by Gasteiger charge is 2.09. The van der Waals surface area contributed by atoms with Crippen LogP contribution in [0.25, 0.3) is 11.4 Å². The van der Waals surface area contributed by atoms with Gasteiger partial charge in [0.15, 0.2) is 0 Å². The predicted molar refractivity (Wildman–Crippen MR) is 80.2 cm³/mol. The molecular weight excluding hydrogens is 254 g/mol. The maximum atomic E-state index is 11.7. The van der Waals surface area contributed by atoms with E-state index in [-0.39, 0.29) is 5.56 Å². The van der Waals surface area contributed by atoms with Gasteiger partial charge >= 0.3 is 0 Å². The highest BCUT2D eigenvalue weighted by atomic mass is 16.5. The molecule has 1 heterocycles. The molecule has 106 valence electrons. The third-order valence-corrected chi connectivity index (χ3v) is 2.70. The number of anilines is 1. The summed E-state index contributed by atoms with van der Waals surface area (Å²) in [6.07, 6.45) is 0.926. The fourth-order valence-electron chi connectivity index (χ4n) is 1.86. The maximum absolute atomic E-state index is 11.7. The molecule has 0 aliphatic rings. The van der Waals surface area contributed by atoms with E-state index in [1.54, 1.807) is 0 Å². The molecule has 0 spiro atoms. The Balaban J connectivity index is 2.42. The summed E-state index contributed by atoms with van der Waals surface area (Å²) >= 11 is 0. The Morgan fingerprint density at radius 2 is 2.10 bits per heavy atom. The van der Waals surface area contributed by atoms with E-state index < -0.39 is 0 Å². The largest absolute Gasteiger partial charge is 0.493 e. The van der Waals surface area contributed by atoms with Gasteiger partial charge in [0.05, 0.1) is 12.2 Å². The number of rotatable bonds is 6. The van der Waals surface area contributed by atoms with Crippen LogP contribution >= 0.6 is 0 Å². The van der Waals surface area contributed by atoms with Crippen LogP contribution < -0.4 is 15.6 Å². The number of hydrogen-bond acceptors (Lipinski definition) is 4. The summed E-state index contributed by atoms with van der Waals surface area (Å²) in [7, 11) is 0. The van der Waals surface area contributed by atoms with E-state index in [1.807, 2.05) is 31.2 Å². The van der Waals surface area contributed by atoms with Gasteiger partial charge in [-0.2, -0.15) is 0 Å². The molecule has 0 amide bonds. The average molecular weight is 273 g/mol. The van der Waals surface area contributed by atoms with Crippen molar-refractivity contribution in [2.24, 2.45) is 0 Å². The van der Waals surface area contributed by atoms with Crippen molar-refractivity contribution in [1.29, 1.82) is 0 Å². The zero-order chi connectivity index (χ0) is 14.4. The van der Waals surface area contributed by atoms with Crippen LogP contribution in [0.2, 0.25) is 0 Å². The fourth-order valence-corrected chi connectivity index (χ4v) is 1.86. The van der Waals surface area contributed by atoms with Crippen LogP contribution in [0.4, 0.5) is 5.82 Å². The molecule has 5 heteroatoms. The van der Waals surface area contributed by atoms with Crippen LogP contribution in [-0.4, -0.2) is 23.1 Å². The lowest BCUT2D eigenvalue weighted by atomic mass is 10.2. The second kappa shape index (κ2) is 6.75. The number of benzene rings is 1. The third kappa shape index (κ3) is 3.38. The summed E-state index contributed by atoms with van der Waals surface area (Å²) in [5, 5.41) is 3.05. The number of para-hydroxylation sites is 1. The van der Waals surface area contributed by atoms with E-state index in [9.17, 15) is 4.79 Å². The molecule has 1 aromatic carbocycles. The van der Waals surface area contributed by atoms with Gasteiger partial charge in [0.25, 0.3) is 5.56 Å². The number of nitrogens with zero attached hydrogens (tertiary/aromatic N) is 1. The lowest BCUT2D eigenvalue weighted by molar-refractivity contribution is 0.318. The van der Waals surface area contributed by atoms with E-state index in [0.717, 1.165) is 17.7 Å². The summed E-state index contributed by atoms with van der Waals surface area (Å²) in [6, 6.07) is 9.02. The number of nitrogens with one attached hydrogen (secondary N) is 2. The van der Waals surface area contributed by atoms with Gasteiger partial charge in [-0.15, -0.1) is 0 Å². The van der Waals surface area contributed by atoms with Gasteiger partial charge in [-0.1, -0.05) is 19.1 Å². The van der Waals surface area contributed by atoms with Gasteiger partial charge in [0.1, 0.15) is 17.4 Å². The molecule has 0 saturated carbocycles. The van der Waals surface area contributed by atoms with E-state index in [4.69, 9.17) is 4.74 Å². The van der Waals surface area contributed by atoms with Crippen molar-refractivity contribution >= 4 is 5.82 Å². The van der Waals surface area contributed by atoms with Gasteiger partial charge in [0.2, 0.25) is 0 Å². The summed E-state index contributed by atoms with van der Waals surface area (Å²) in [4.78, 5) is 18.9. The normalized spacial score (nSPS) is 10.3. The van der Waals surface area contributed by atoms with Crippen LogP contribution in [0.5, 0.6) is 5.75 Å². The Morgan fingerprint density at radius 1 is 1.30 bits per heavy atom. The molecule has 2 aromatic rings. The molecule has 0 bridgehead atoms. The zero-order valence-corrected chi connectivity index (χ0v) is 11.8. The molecular formula is C15H19N3O2. The lowest BCUT2D eigenvalue weighted by Gasteiger charge is -2.11. The van der Waals surface area contributed by atoms with Gasteiger partial charge in [0, 0.05) is 12.6 Å². The fraction of sp³-hybridized carbons (Fsp3) is 0.333. The molecule has 1 aromatic heterocycles. The Morgan fingerprint density at radius 3 is 2.85 bits per heavy atom. The van der Waals surface area contributed by atoms with Crippen molar-refractivity contribution in [2.75, 3.05) is 18.5 Å². The highest BCUT2D eigenvalue weighted by Crippen LogP contribution is 2.27. The third-order valence-electron chi connectivity index (χ3n) is 2.70. The highest BCUT2D eigenvalue weighted by molar-refractivity contribution is 5.65. The average Bonchev–Trinajstić information content (AvgIpc) is 2.45. The molecule has 2 rings (SSSR count). The van der Waals surface area contributed by atoms with Crippen molar-refractivity contribution in [1.82, 2.24) is 9.97 Å². The first-order valence-corrected chi connectivity index (χ1v) is 6.82. The van der Waals surface area contributed by atoms with Gasteiger partial charge in [-0.25, -0.2) is 4.98 Å². The van der Waals surface area contributed by atoms with E-state index in [2.05, 4.69) is 22.2 Å². The minimum absolute atomic E-state index is 0.184. The molecule has 0 radical (unpaired) electrons. The maximum Gasteiger partial charge on any atom is 0.253 e. The quantitative estimate of drug-likeness (QED) is 0.849. The van der Waals surface area contributed by atoms with E-state index in [0.29, 0.717) is 24.8 Å². The first-order chi connectivity index (χ1) is 9.74. The molecule has 0 fully saturated rings. The monoisotopic (exact) mass is 273 g/mol. The Bertz CT molecular complexity index is 623. The Hall–Kier alpha value is -2.30. The minimum Gasteiger partial charge on any atom is -0.493 e. The minimum atomic E-state index is -0.184. The molecule has 5 nitrogen and oxygen atoms in total. The molecule has 0 aliphatic carbocycles. The predicted octanol–water partition coefficient (Wildman–Crippen LogP) is 2.66.